The van der Waals surface area contributed by atoms with Crippen molar-refractivity contribution in [2.24, 2.45) is 5.92 Å². The summed E-state index contributed by atoms with van der Waals surface area (Å²) in [6.45, 7) is 8.99. The van der Waals surface area contributed by atoms with E-state index >= 15 is 0 Å². The molecule has 0 N–H and O–H groups in total. The lowest BCUT2D eigenvalue weighted by Crippen LogP contribution is -2.02. The molecular formula is C8H18B. The van der Waals surface area contributed by atoms with Crippen LogP contribution in [-0.2, 0) is 0 Å². The maximum absolute atomic E-state index is 2.32. The van der Waals surface area contributed by atoms with Crippen molar-refractivity contribution in [1.29, 1.82) is 0 Å². The molecule has 0 fully saturated rings. The Labute approximate surface area is 60.3 Å². The monoisotopic (exact) mass is 125 g/mol. The van der Waals surface area contributed by atoms with Gasteiger partial charge in [-0.1, -0.05) is 46.3 Å². The molecule has 0 aliphatic rings. The summed E-state index contributed by atoms with van der Waals surface area (Å²) in [6.07, 6.45) is 2.65. The standard InChI is InChI=1S/C8H18B/c1-5-8(9-4)6-7(2)3/h7-8H,5-6H2,1-4H3. The Balaban J connectivity index is 3.31. The molecule has 53 valence electrons. The van der Waals surface area contributed by atoms with Gasteiger partial charge in [-0.2, -0.15) is 0 Å². The van der Waals surface area contributed by atoms with Crippen molar-refractivity contribution in [3.63, 3.8) is 0 Å². The average Bonchev–Trinajstić information content (AvgIpc) is 1.82. The maximum Gasteiger partial charge on any atom is 0.110 e. The molecule has 1 heteroatoms. The fourth-order valence-electron chi connectivity index (χ4n) is 1.14. The topological polar surface area (TPSA) is 0 Å². The summed E-state index contributed by atoms with van der Waals surface area (Å²) in [5, 5.41) is 0. The molecule has 0 spiro atoms. The molecule has 1 unspecified atom stereocenters. The smallest absolute Gasteiger partial charge is 0.0917 e. The highest BCUT2D eigenvalue weighted by molar-refractivity contribution is 6.35. The lowest BCUT2D eigenvalue weighted by molar-refractivity contribution is 0.546. The van der Waals surface area contributed by atoms with E-state index in [1.54, 1.807) is 0 Å². The van der Waals surface area contributed by atoms with Crippen LogP contribution in [0.4, 0.5) is 0 Å². The molecule has 0 nitrogen and oxygen atoms in total. The van der Waals surface area contributed by atoms with Crippen LogP contribution in [0.25, 0.3) is 0 Å². The second-order valence-electron chi connectivity index (χ2n) is 3.13. The molecule has 0 aliphatic heterocycles. The van der Waals surface area contributed by atoms with E-state index in [0.717, 1.165) is 11.7 Å². The summed E-state index contributed by atoms with van der Waals surface area (Å²) < 4.78 is 0. The van der Waals surface area contributed by atoms with Gasteiger partial charge in [-0.15, -0.1) is 0 Å². The van der Waals surface area contributed by atoms with E-state index < -0.39 is 0 Å². The van der Waals surface area contributed by atoms with Gasteiger partial charge in [0.25, 0.3) is 0 Å². The Hall–Kier alpha value is 0.0649. The van der Waals surface area contributed by atoms with E-state index in [9.17, 15) is 0 Å². The molecule has 0 aliphatic carbocycles. The second kappa shape index (κ2) is 4.90. The van der Waals surface area contributed by atoms with Crippen molar-refractivity contribution in [2.75, 3.05) is 0 Å². The van der Waals surface area contributed by atoms with E-state index in [1.165, 1.54) is 12.8 Å². The van der Waals surface area contributed by atoms with Crippen LogP contribution in [0.2, 0.25) is 12.6 Å². The molecular weight excluding hydrogens is 107 g/mol. The van der Waals surface area contributed by atoms with Crippen LogP contribution in [0, 0.1) is 5.92 Å². The van der Waals surface area contributed by atoms with Gasteiger partial charge in [0.15, 0.2) is 0 Å². The van der Waals surface area contributed by atoms with Gasteiger partial charge >= 0.3 is 0 Å². The largest absolute Gasteiger partial charge is 0.110 e. The van der Waals surface area contributed by atoms with Crippen molar-refractivity contribution < 1.29 is 0 Å². The van der Waals surface area contributed by atoms with Gasteiger partial charge in [0.05, 0.1) is 0 Å². The molecule has 0 aromatic carbocycles. The Morgan fingerprint density at radius 1 is 1.33 bits per heavy atom. The molecule has 9 heavy (non-hydrogen) atoms. The quantitative estimate of drug-likeness (QED) is 0.506. The van der Waals surface area contributed by atoms with E-state index in [0.29, 0.717) is 0 Å². The van der Waals surface area contributed by atoms with E-state index in [-0.39, 0.29) is 0 Å². The van der Waals surface area contributed by atoms with Crippen LogP contribution in [-0.4, -0.2) is 7.28 Å². The summed E-state index contributed by atoms with van der Waals surface area (Å²) in [7, 11) is 2.32. The lowest BCUT2D eigenvalue weighted by atomic mass is 9.63. The zero-order chi connectivity index (χ0) is 7.28. The summed E-state index contributed by atoms with van der Waals surface area (Å²) >= 11 is 0. The first-order chi connectivity index (χ1) is 4.20. The second-order valence-corrected chi connectivity index (χ2v) is 3.13. The zero-order valence-electron chi connectivity index (χ0n) is 7.15. The predicted octanol–water partition coefficient (Wildman–Crippen LogP) is 2.98. The molecule has 0 aromatic rings. The SMILES string of the molecule is C[B]C(CC)CC(C)C. The van der Waals surface area contributed by atoms with Gasteiger partial charge in [-0.05, 0) is 5.92 Å². The van der Waals surface area contributed by atoms with Gasteiger partial charge < -0.3 is 0 Å². The van der Waals surface area contributed by atoms with Gasteiger partial charge in [0.1, 0.15) is 7.28 Å². The number of rotatable bonds is 4. The first-order valence-corrected chi connectivity index (χ1v) is 4.00. The van der Waals surface area contributed by atoms with Gasteiger partial charge in [0, 0.05) is 0 Å². The summed E-state index contributed by atoms with van der Waals surface area (Å²) in [4.78, 5) is 0. The Morgan fingerprint density at radius 3 is 2.00 bits per heavy atom. The third-order valence-corrected chi connectivity index (χ3v) is 1.77. The van der Waals surface area contributed by atoms with Gasteiger partial charge in [0.2, 0.25) is 0 Å². The zero-order valence-corrected chi connectivity index (χ0v) is 7.15. The molecule has 0 aromatic heterocycles. The van der Waals surface area contributed by atoms with Crippen molar-refractivity contribution in [1.82, 2.24) is 0 Å². The molecule has 1 atom stereocenters. The van der Waals surface area contributed by atoms with Crippen LogP contribution in [0.1, 0.15) is 33.6 Å². The van der Waals surface area contributed by atoms with Crippen molar-refractivity contribution in [3.05, 3.63) is 0 Å². The molecule has 0 rings (SSSR count). The molecule has 1 radical (unpaired) electrons. The number of hydrogen-bond donors (Lipinski definition) is 0. The average molecular weight is 125 g/mol. The molecule has 0 bridgehead atoms. The van der Waals surface area contributed by atoms with E-state index in [2.05, 4.69) is 34.9 Å². The highest BCUT2D eigenvalue weighted by atomic mass is 14.0. The summed E-state index contributed by atoms with van der Waals surface area (Å²) in [6, 6.07) is 0. The Bertz CT molecular complexity index is 55.6. The minimum Gasteiger partial charge on any atom is -0.0917 e. The highest BCUT2D eigenvalue weighted by Gasteiger charge is 2.05. The van der Waals surface area contributed by atoms with Crippen molar-refractivity contribution in [3.8, 4) is 0 Å². The van der Waals surface area contributed by atoms with Crippen molar-refractivity contribution >= 4 is 7.28 Å². The van der Waals surface area contributed by atoms with Gasteiger partial charge in [-0.25, -0.2) is 0 Å². The summed E-state index contributed by atoms with van der Waals surface area (Å²) in [5.41, 5.74) is 0. The maximum atomic E-state index is 2.32. The van der Waals surface area contributed by atoms with Crippen LogP contribution in [0.15, 0.2) is 0 Å². The Morgan fingerprint density at radius 2 is 1.89 bits per heavy atom. The fourth-order valence-corrected chi connectivity index (χ4v) is 1.14. The summed E-state index contributed by atoms with van der Waals surface area (Å²) in [5.74, 6) is 1.70. The molecule has 0 saturated heterocycles. The molecule has 0 saturated carbocycles. The van der Waals surface area contributed by atoms with E-state index in [4.69, 9.17) is 0 Å². The fraction of sp³-hybridized carbons (Fsp3) is 1.00. The van der Waals surface area contributed by atoms with Crippen molar-refractivity contribution in [2.45, 2.75) is 46.3 Å². The first-order valence-electron chi connectivity index (χ1n) is 4.00. The third kappa shape index (κ3) is 4.56. The third-order valence-electron chi connectivity index (χ3n) is 1.77. The normalized spacial score (nSPS) is 13.9. The lowest BCUT2D eigenvalue weighted by Gasteiger charge is -2.13. The predicted molar refractivity (Wildman–Crippen MR) is 45.1 cm³/mol. The first kappa shape index (κ1) is 9.06. The van der Waals surface area contributed by atoms with E-state index in [1.807, 2.05) is 0 Å². The van der Waals surface area contributed by atoms with Crippen LogP contribution in [0.3, 0.4) is 0 Å². The number of hydrogen-bond acceptors (Lipinski definition) is 0. The van der Waals surface area contributed by atoms with Gasteiger partial charge in [-0.3, -0.25) is 0 Å². The molecule has 0 heterocycles. The minimum atomic E-state index is 0.852. The van der Waals surface area contributed by atoms with Crippen LogP contribution >= 0.6 is 0 Å². The Kier molecular flexibility index (Phi) is 4.93. The van der Waals surface area contributed by atoms with Crippen LogP contribution < -0.4 is 0 Å². The van der Waals surface area contributed by atoms with Crippen LogP contribution in [0.5, 0.6) is 0 Å². The molecule has 0 amide bonds. The minimum absolute atomic E-state index is 0.852. The highest BCUT2D eigenvalue weighted by Crippen LogP contribution is 2.19.